The lowest BCUT2D eigenvalue weighted by Gasteiger charge is -2.37. The maximum atomic E-state index is 13.2. The Morgan fingerprint density at radius 1 is 1.23 bits per heavy atom. The summed E-state index contributed by atoms with van der Waals surface area (Å²) in [5.74, 6) is 0.970. The molecule has 0 saturated heterocycles. The number of amides is 1. The summed E-state index contributed by atoms with van der Waals surface area (Å²) < 4.78 is 40.5. The van der Waals surface area contributed by atoms with Crippen LogP contribution < -0.4 is 19.5 Å². The summed E-state index contributed by atoms with van der Waals surface area (Å²) in [6.07, 6.45) is 2.33. The molecule has 0 aromatic heterocycles. The van der Waals surface area contributed by atoms with Crippen molar-refractivity contribution in [3.8, 4) is 11.5 Å². The highest BCUT2D eigenvalue weighted by atomic mass is 32.2. The molecule has 1 aliphatic heterocycles. The lowest BCUT2D eigenvalue weighted by atomic mass is 9.90. The molecular formula is C21H26N2O5S2. The van der Waals surface area contributed by atoms with Crippen LogP contribution in [0.4, 0.5) is 5.69 Å². The zero-order chi connectivity index (χ0) is 22.1. The van der Waals surface area contributed by atoms with E-state index < -0.39 is 21.7 Å². The Morgan fingerprint density at radius 3 is 2.60 bits per heavy atom. The van der Waals surface area contributed by atoms with Gasteiger partial charge in [0.05, 0.1) is 23.7 Å². The number of thioether (sulfide) groups is 1. The quantitative estimate of drug-likeness (QED) is 0.647. The molecular weight excluding hydrogens is 424 g/mol. The Labute approximate surface area is 181 Å². The van der Waals surface area contributed by atoms with Gasteiger partial charge in [0.15, 0.2) is 0 Å². The molecule has 30 heavy (non-hydrogen) atoms. The second-order valence-electron chi connectivity index (χ2n) is 7.69. The molecule has 7 nitrogen and oxygen atoms in total. The van der Waals surface area contributed by atoms with Crippen LogP contribution in [0, 0.1) is 0 Å². The molecule has 0 fully saturated rings. The minimum atomic E-state index is -3.85. The smallest absolute Gasteiger partial charge is 0.241 e. The number of benzene rings is 2. The van der Waals surface area contributed by atoms with Crippen LogP contribution in [0.15, 0.2) is 46.2 Å². The zero-order valence-corrected chi connectivity index (χ0v) is 19.2. The van der Waals surface area contributed by atoms with Gasteiger partial charge in [-0.05, 0) is 44.4 Å². The highest BCUT2D eigenvalue weighted by molar-refractivity contribution is 7.98. The highest BCUT2D eigenvalue weighted by Gasteiger charge is 2.36. The molecule has 1 amide bonds. The van der Waals surface area contributed by atoms with Crippen LogP contribution in [0.3, 0.4) is 0 Å². The van der Waals surface area contributed by atoms with Crippen molar-refractivity contribution < 1.29 is 22.7 Å². The first-order valence-electron chi connectivity index (χ1n) is 9.39. The van der Waals surface area contributed by atoms with Crippen LogP contribution in [0.2, 0.25) is 0 Å². The van der Waals surface area contributed by atoms with Gasteiger partial charge in [-0.3, -0.25) is 4.79 Å². The Kier molecular flexibility index (Phi) is 6.35. The Bertz CT molecular complexity index is 1070. The van der Waals surface area contributed by atoms with E-state index in [-0.39, 0.29) is 10.8 Å². The van der Waals surface area contributed by atoms with Crippen molar-refractivity contribution in [2.45, 2.75) is 48.6 Å². The van der Waals surface area contributed by atoms with Crippen LogP contribution in [-0.4, -0.2) is 33.3 Å². The van der Waals surface area contributed by atoms with Gasteiger partial charge in [0.25, 0.3) is 0 Å². The van der Waals surface area contributed by atoms with E-state index in [2.05, 4.69) is 10.0 Å². The molecule has 1 heterocycles. The van der Waals surface area contributed by atoms with E-state index in [1.165, 1.54) is 24.8 Å². The average Bonchev–Trinajstić information content (AvgIpc) is 2.65. The number of carbonyl (C=O) groups excluding carboxylic acids is 1. The molecule has 3 rings (SSSR count). The molecule has 9 heteroatoms. The maximum absolute atomic E-state index is 13.2. The molecule has 0 spiro atoms. The van der Waals surface area contributed by atoms with E-state index in [1.54, 1.807) is 31.4 Å². The van der Waals surface area contributed by atoms with Crippen molar-refractivity contribution >= 4 is 33.4 Å². The summed E-state index contributed by atoms with van der Waals surface area (Å²) in [6.45, 7) is 5.22. The lowest BCUT2D eigenvalue weighted by Crippen LogP contribution is -2.41. The van der Waals surface area contributed by atoms with E-state index in [0.717, 1.165) is 10.5 Å². The van der Waals surface area contributed by atoms with Crippen molar-refractivity contribution in [2.24, 2.45) is 0 Å². The van der Waals surface area contributed by atoms with Crippen molar-refractivity contribution in [1.29, 1.82) is 0 Å². The molecule has 2 N–H and O–H groups in total. The van der Waals surface area contributed by atoms with Crippen LogP contribution in [0.25, 0.3) is 0 Å². The summed E-state index contributed by atoms with van der Waals surface area (Å²) in [4.78, 5) is 12.4. The summed E-state index contributed by atoms with van der Waals surface area (Å²) in [7, 11) is -2.28. The lowest BCUT2D eigenvalue weighted by molar-refractivity contribution is -0.114. The molecule has 162 valence electrons. The van der Waals surface area contributed by atoms with Gasteiger partial charge in [-0.1, -0.05) is 6.07 Å². The first-order chi connectivity index (χ1) is 14.0. The molecule has 1 aliphatic rings. The van der Waals surface area contributed by atoms with Gasteiger partial charge in [-0.15, -0.1) is 11.8 Å². The predicted molar refractivity (Wildman–Crippen MR) is 118 cm³/mol. The van der Waals surface area contributed by atoms with E-state index in [9.17, 15) is 13.2 Å². The van der Waals surface area contributed by atoms with E-state index in [1.807, 2.05) is 26.2 Å². The van der Waals surface area contributed by atoms with E-state index >= 15 is 0 Å². The molecule has 0 unspecified atom stereocenters. The fourth-order valence-corrected chi connectivity index (χ4v) is 5.24. The van der Waals surface area contributed by atoms with Crippen molar-refractivity contribution in [3.63, 3.8) is 0 Å². The third-order valence-corrected chi connectivity index (χ3v) is 7.03. The van der Waals surface area contributed by atoms with Gasteiger partial charge < -0.3 is 14.8 Å². The molecule has 2 aromatic carbocycles. The van der Waals surface area contributed by atoms with Crippen molar-refractivity contribution in [1.82, 2.24) is 4.72 Å². The second kappa shape index (κ2) is 8.49. The normalized spacial score (nSPS) is 17.6. The highest BCUT2D eigenvalue weighted by Crippen LogP contribution is 2.42. The topological polar surface area (TPSA) is 93.7 Å². The van der Waals surface area contributed by atoms with Gasteiger partial charge in [0.2, 0.25) is 15.9 Å². The number of fused-ring (bicyclic) bond motifs is 1. The standard InChI is InChI=1S/C21H26N2O5S2/c1-13(24)22-17-11-15(7-9-20(17)29-5)30(25,26)23-18-12-21(2,3)28-19-10-14(27-4)6-8-16(18)19/h6-11,18,23H,12H2,1-5H3,(H,22,24)/t18-/m1/s1. The number of hydrogen-bond donors (Lipinski definition) is 2. The first kappa shape index (κ1) is 22.5. The number of anilines is 1. The maximum Gasteiger partial charge on any atom is 0.241 e. The first-order valence-corrected chi connectivity index (χ1v) is 12.1. The average molecular weight is 451 g/mol. The Hall–Kier alpha value is -2.23. The molecule has 0 radical (unpaired) electrons. The van der Waals surface area contributed by atoms with E-state index in [0.29, 0.717) is 23.6 Å². The molecule has 2 aromatic rings. The Balaban J connectivity index is 1.96. The number of nitrogens with one attached hydrogen (secondary N) is 2. The van der Waals surface area contributed by atoms with Gasteiger partial charge in [0, 0.05) is 29.9 Å². The minimum Gasteiger partial charge on any atom is -0.497 e. The number of sulfonamides is 1. The molecule has 0 aliphatic carbocycles. The predicted octanol–water partition coefficient (Wildman–Crippen LogP) is 3.96. The van der Waals surface area contributed by atoms with Crippen molar-refractivity contribution in [3.05, 3.63) is 42.0 Å². The largest absolute Gasteiger partial charge is 0.497 e. The SMILES string of the molecule is COc1ccc2c(c1)OC(C)(C)C[C@H]2NS(=O)(=O)c1ccc(SC)c(NC(C)=O)c1. The summed E-state index contributed by atoms with van der Waals surface area (Å²) in [5.41, 5.74) is 0.660. The van der Waals surface area contributed by atoms with Crippen LogP contribution in [0.1, 0.15) is 38.8 Å². The summed E-state index contributed by atoms with van der Waals surface area (Å²) in [6, 6.07) is 9.61. The fourth-order valence-electron chi connectivity index (χ4n) is 3.46. The fraction of sp³-hybridized carbons (Fsp3) is 0.381. The number of carbonyl (C=O) groups is 1. The molecule has 1 atom stereocenters. The number of ether oxygens (including phenoxy) is 2. The van der Waals surface area contributed by atoms with Gasteiger partial charge in [-0.2, -0.15) is 0 Å². The van der Waals surface area contributed by atoms with Gasteiger partial charge in [0.1, 0.15) is 17.1 Å². The molecule has 0 bridgehead atoms. The van der Waals surface area contributed by atoms with Crippen LogP contribution >= 0.6 is 11.8 Å². The van der Waals surface area contributed by atoms with Gasteiger partial charge >= 0.3 is 0 Å². The summed E-state index contributed by atoms with van der Waals surface area (Å²) in [5, 5.41) is 2.70. The minimum absolute atomic E-state index is 0.0865. The summed E-state index contributed by atoms with van der Waals surface area (Å²) >= 11 is 1.43. The monoisotopic (exact) mass is 450 g/mol. The van der Waals surface area contributed by atoms with Crippen molar-refractivity contribution in [2.75, 3.05) is 18.7 Å². The third kappa shape index (κ3) is 4.91. The van der Waals surface area contributed by atoms with Crippen LogP contribution in [0.5, 0.6) is 11.5 Å². The van der Waals surface area contributed by atoms with Crippen LogP contribution in [-0.2, 0) is 14.8 Å². The molecule has 0 saturated carbocycles. The number of methoxy groups -OCH3 is 1. The number of rotatable bonds is 6. The van der Waals surface area contributed by atoms with Gasteiger partial charge in [-0.25, -0.2) is 13.1 Å². The number of hydrogen-bond acceptors (Lipinski definition) is 6. The second-order valence-corrected chi connectivity index (χ2v) is 10.2. The van der Waals surface area contributed by atoms with E-state index in [4.69, 9.17) is 9.47 Å². The Morgan fingerprint density at radius 2 is 1.97 bits per heavy atom. The third-order valence-electron chi connectivity index (χ3n) is 4.77. The zero-order valence-electron chi connectivity index (χ0n) is 17.6.